The largest absolute Gasteiger partial charge is 0.365 e. The van der Waals surface area contributed by atoms with Crippen LogP contribution in [0.2, 0.25) is 0 Å². The third kappa shape index (κ3) is 3.80. The van der Waals surface area contributed by atoms with Gasteiger partial charge < -0.3 is 16.4 Å². The lowest BCUT2D eigenvalue weighted by atomic mass is 10.2. The molecule has 0 saturated carbocycles. The van der Waals surface area contributed by atoms with Crippen molar-refractivity contribution in [2.24, 2.45) is 10.7 Å². The minimum atomic E-state index is -0.612. The number of aliphatic imine (C=N–C) groups is 1. The fourth-order valence-corrected chi connectivity index (χ4v) is 2.95. The van der Waals surface area contributed by atoms with Crippen LogP contribution in [-0.4, -0.2) is 49.2 Å². The molecule has 4 N–H and O–H groups in total. The van der Waals surface area contributed by atoms with Crippen LogP contribution in [0.3, 0.4) is 0 Å². The predicted molar refractivity (Wildman–Crippen MR) is 105 cm³/mol. The maximum Gasteiger partial charge on any atom is 0.254 e. The second-order valence-corrected chi connectivity index (χ2v) is 6.44. The highest BCUT2D eigenvalue weighted by Crippen LogP contribution is 2.22. The summed E-state index contributed by atoms with van der Waals surface area (Å²) in [6.07, 6.45) is 5.45. The number of hydrogen-bond donors (Lipinski definition) is 3. The third-order valence-corrected chi connectivity index (χ3v) is 4.27. The lowest BCUT2D eigenvalue weighted by molar-refractivity contribution is 0.100. The van der Waals surface area contributed by atoms with Gasteiger partial charge in [-0.05, 0) is 25.1 Å². The maximum absolute atomic E-state index is 11.8. The Bertz CT molecular complexity index is 1030. The van der Waals surface area contributed by atoms with Gasteiger partial charge in [-0.25, -0.2) is 4.98 Å². The van der Waals surface area contributed by atoms with Crippen molar-refractivity contribution in [3.05, 3.63) is 48.4 Å². The number of aromatic nitrogens is 5. The van der Waals surface area contributed by atoms with Crippen LogP contribution in [0, 0.1) is 0 Å². The number of rotatable bonds is 6. The number of nitrogens with two attached hydrogens (primary N) is 1. The van der Waals surface area contributed by atoms with Crippen LogP contribution in [0.1, 0.15) is 23.7 Å². The molecule has 10 heteroatoms. The Balaban J connectivity index is 1.59. The topological polar surface area (TPSA) is 136 Å². The highest BCUT2D eigenvalue weighted by atomic mass is 16.1. The van der Waals surface area contributed by atoms with E-state index in [1.807, 2.05) is 31.2 Å². The van der Waals surface area contributed by atoms with Gasteiger partial charge in [-0.3, -0.25) is 9.79 Å². The Labute approximate surface area is 160 Å². The van der Waals surface area contributed by atoms with Crippen LogP contribution in [0.4, 0.5) is 17.5 Å². The van der Waals surface area contributed by atoms with E-state index in [4.69, 9.17) is 5.73 Å². The van der Waals surface area contributed by atoms with Crippen molar-refractivity contribution < 1.29 is 4.79 Å². The van der Waals surface area contributed by atoms with E-state index in [1.54, 1.807) is 12.4 Å². The first-order valence-corrected chi connectivity index (χ1v) is 8.75. The highest BCUT2D eigenvalue weighted by molar-refractivity contribution is 5.98. The maximum atomic E-state index is 11.8. The molecule has 3 heterocycles. The molecule has 1 aliphatic heterocycles. The Morgan fingerprint density at radius 2 is 2.11 bits per heavy atom. The molecule has 0 spiro atoms. The predicted octanol–water partition coefficient (Wildman–Crippen LogP) is 1.54. The van der Waals surface area contributed by atoms with Gasteiger partial charge >= 0.3 is 0 Å². The molecule has 1 aromatic carbocycles. The van der Waals surface area contributed by atoms with Crippen molar-refractivity contribution in [2.45, 2.75) is 19.4 Å². The Morgan fingerprint density at radius 1 is 1.29 bits per heavy atom. The molecule has 2 aromatic heterocycles. The van der Waals surface area contributed by atoms with Gasteiger partial charge in [-0.2, -0.15) is 20.0 Å². The van der Waals surface area contributed by atoms with Gasteiger partial charge in [-0.1, -0.05) is 6.07 Å². The first-order chi connectivity index (χ1) is 13.6. The van der Waals surface area contributed by atoms with Crippen molar-refractivity contribution >= 4 is 29.1 Å². The van der Waals surface area contributed by atoms with E-state index in [-0.39, 0.29) is 11.6 Å². The Kier molecular flexibility index (Phi) is 4.67. The molecule has 1 amide bonds. The first kappa shape index (κ1) is 17.6. The van der Waals surface area contributed by atoms with E-state index in [1.165, 1.54) is 11.0 Å². The van der Waals surface area contributed by atoms with E-state index in [0.717, 1.165) is 17.8 Å². The minimum absolute atomic E-state index is 0.140. The zero-order chi connectivity index (χ0) is 19.5. The summed E-state index contributed by atoms with van der Waals surface area (Å²) < 4.78 is 0. The average Bonchev–Trinajstić information content (AvgIpc) is 3.34. The fourth-order valence-electron chi connectivity index (χ4n) is 2.95. The Morgan fingerprint density at radius 3 is 2.82 bits per heavy atom. The van der Waals surface area contributed by atoms with Crippen molar-refractivity contribution in [1.29, 1.82) is 0 Å². The number of amides is 1. The van der Waals surface area contributed by atoms with E-state index >= 15 is 0 Å². The molecule has 142 valence electrons. The lowest BCUT2D eigenvalue weighted by Crippen LogP contribution is -2.23. The van der Waals surface area contributed by atoms with Gasteiger partial charge in [0.15, 0.2) is 0 Å². The second-order valence-electron chi connectivity index (χ2n) is 6.44. The molecule has 0 radical (unpaired) electrons. The van der Waals surface area contributed by atoms with Crippen LogP contribution < -0.4 is 16.4 Å². The van der Waals surface area contributed by atoms with Crippen LogP contribution in [0.5, 0.6) is 0 Å². The number of hydrogen-bond acceptors (Lipinski definition) is 8. The summed E-state index contributed by atoms with van der Waals surface area (Å²) in [5, 5.41) is 14.6. The molecule has 0 saturated heterocycles. The zero-order valence-corrected chi connectivity index (χ0v) is 15.2. The normalized spacial score (nSPS) is 15.9. The quantitative estimate of drug-likeness (QED) is 0.593. The molecule has 1 atom stereocenters. The van der Waals surface area contributed by atoms with Crippen LogP contribution in [-0.2, 0) is 0 Å². The number of carbonyl (C=O) groups excluding carboxylic acids is 1. The molecule has 4 rings (SSSR count). The van der Waals surface area contributed by atoms with E-state index in [9.17, 15) is 4.79 Å². The van der Waals surface area contributed by atoms with Crippen LogP contribution in [0.15, 0.2) is 47.8 Å². The monoisotopic (exact) mass is 377 g/mol. The van der Waals surface area contributed by atoms with E-state index < -0.39 is 5.91 Å². The summed E-state index contributed by atoms with van der Waals surface area (Å²) in [6.45, 7) is 2.67. The molecular formula is C18H19N9O. The van der Waals surface area contributed by atoms with Crippen molar-refractivity contribution in [1.82, 2.24) is 25.0 Å². The minimum Gasteiger partial charge on any atom is -0.365 e. The standard InChI is InChI=1S/C18H19N9O/c1-11-7-13(9-20-11)25-18-21-10-15(16(19)28)17(26-18)24-12-3-2-4-14(8-12)27-22-5-6-23-27/h2-6,8,10,13H,7,9H2,1H3,(H2,19,28)(H2,21,24,25,26). The van der Waals surface area contributed by atoms with Gasteiger partial charge in [0, 0.05) is 24.0 Å². The Hall–Kier alpha value is -3.82. The summed E-state index contributed by atoms with van der Waals surface area (Å²) in [7, 11) is 0. The molecule has 10 nitrogen and oxygen atoms in total. The number of benzene rings is 1. The number of nitrogens with one attached hydrogen (secondary N) is 2. The first-order valence-electron chi connectivity index (χ1n) is 8.75. The molecule has 3 aromatic rings. The smallest absolute Gasteiger partial charge is 0.254 e. The van der Waals surface area contributed by atoms with Gasteiger partial charge in [0.1, 0.15) is 11.4 Å². The molecule has 0 bridgehead atoms. The highest BCUT2D eigenvalue weighted by Gasteiger charge is 2.18. The third-order valence-electron chi connectivity index (χ3n) is 4.27. The second kappa shape index (κ2) is 7.43. The summed E-state index contributed by atoms with van der Waals surface area (Å²) in [5.41, 5.74) is 8.25. The summed E-state index contributed by atoms with van der Waals surface area (Å²) in [4.78, 5) is 26.3. The summed E-state index contributed by atoms with van der Waals surface area (Å²) >= 11 is 0. The van der Waals surface area contributed by atoms with E-state index in [2.05, 4.69) is 35.8 Å². The SMILES string of the molecule is CC1=NCC(Nc2ncc(C(N)=O)c(Nc3cccc(-n4nccn4)c3)n2)C1. The average molecular weight is 377 g/mol. The number of nitrogens with zero attached hydrogens (tertiary/aromatic N) is 6. The zero-order valence-electron chi connectivity index (χ0n) is 15.2. The molecule has 1 unspecified atom stereocenters. The lowest BCUT2D eigenvalue weighted by Gasteiger charge is -2.14. The van der Waals surface area contributed by atoms with Crippen molar-refractivity contribution in [3.8, 4) is 5.69 Å². The van der Waals surface area contributed by atoms with Crippen LogP contribution >= 0.6 is 0 Å². The van der Waals surface area contributed by atoms with Gasteiger partial charge in [0.2, 0.25) is 5.95 Å². The molecular weight excluding hydrogens is 358 g/mol. The number of carbonyl (C=O) groups is 1. The number of anilines is 3. The number of primary amides is 1. The molecule has 0 fully saturated rings. The molecule has 0 aliphatic carbocycles. The summed E-state index contributed by atoms with van der Waals surface area (Å²) in [6, 6.07) is 7.55. The molecule has 28 heavy (non-hydrogen) atoms. The van der Waals surface area contributed by atoms with Crippen LogP contribution in [0.25, 0.3) is 5.69 Å². The molecule has 1 aliphatic rings. The van der Waals surface area contributed by atoms with Gasteiger partial charge in [0.05, 0.1) is 30.7 Å². The van der Waals surface area contributed by atoms with E-state index in [0.29, 0.717) is 24.0 Å². The summed E-state index contributed by atoms with van der Waals surface area (Å²) in [5.74, 6) is 0.123. The fraction of sp³-hybridized carbons (Fsp3) is 0.222. The van der Waals surface area contributed by atoms with Crippen molar-refractivity contribution in [2.75, 3.05) is 17.2 Å². The van der Waals surface area contributed by atoms with Gasteiger partial charge in [-0.15, -0.1) is 0 Å². The van der Waals surface area contributed by atoms with Gasteiger partial charge in [0.25, 0.3) is 5.91 Å². The van der Waals surface area contributed by atoms with Crippen molar-refractivity contribution in [3.63, 3.8) is 0 Å².